The number of hydrogen-bond acceptors (Lipinski definition) is 5. The number of non-ortho nitro benzene ring substituents is 1. The Balaban J connectivity index is 1.82. The van der Waals surface area contributed by atoms with Crippen LogP contribution in [0.1, 0.15) is 25.3 Å². The molecule has 9 heteroatoms. The topological polar surface area (TPSA) is 83.8 Å². The van der Waals surface area contributed by atoms with Crippen LogP contribution in [0.15, 0.2) is 48.2 Å². The molecule has 1 atom stereocenters. The Morgan fingerprint density at radius 3 is 2.45 bits per heavy atom. The average molecular weight is 444 g/mol. The molecular weight excluding hydrogens is 425 g/mol. The number of halogens is 2. The van der Waals surface area contributed by atoms with Gasteiger partial charge < -0.3 is 4.90 Å². The lowest BCUT2D eigenvalue weighted by Crippen LogP contribution is -2.39. The van der Waals surface area contributed by atoms with Gasteiger partial charge in [-0.1, -0.05) is 18.5 Å². The van der Waals surface area contributed by atoms with Crippen molar-refractivity contribution in [2.24, 2.45) is 5.92 Å². The highest BCUT2D eigenvalue weighted by atomic mass is 35.5. The van der Waals surface area contributed by atoms with E-state index < -0.39 is 22.6 Å². The number of imide groups is 1. The number of likely N-dealkylation sites (tertiary alicyclic amines) is 1. The molecule has 1 saturated heterocycles. The maximum absolute atomic E-state index is 13.6. The number of nitrogens with zero attached hydrogens (tertiary/aromatic N) is 3. The summed E-state index contributed by atoms with van der Waals surface area (Å²) in [7, 11) is 0. The Morgan fingerprint density at radius 2 is 1.84 bits per heavy atom. The average Bonchev–Trinajstić information content (AvgIpc) is 3.00. The summed E-state index contributed by atoms with van der Waals surface area (Å²) in [6.07, 6.45) is 1.90. The molecule has 0 spiro atoms. The molecule has 2 aromatic carbocycles. The summed E-state index contributed by atoms with van der Waals surface area (Å²) in [6, 6.07) is 9.20. The molecule has 4 rings (SSSR count). The summed E-state index contributed by atoms with van der Waals surface area (Å²) in [5.41, 5.74) is 0.894. The summed E-state index contributed by atoms with van der Waals surface area (Å²) >= 11 is 5.88. The Bertz CT molecular complexity index is 1120. The highest BCUT2D eigenvalue weighted by Gasteiger charge is 2.43. The summed E-state index contributed by atoms with van der Waals surface area (Å²) in [5.74, 6) is -1.40. The molecule has 2 aromatic rings. The van der Waals surface area contributed by atoms with Crippen LogP contribution in [0.5, 0.6) is 0 Å². The predicted molar refractivity (Wildman–Crippen MR) is 114 cm³/mol. The quantitative estimate of drug-likeness (QED) is 0.397. The van der Waals surface area contributed by atoms with Gasteiger partial charge in [0.15, 0.2) is 0 Å². The highest BCUT2D eigenvalue weighted by molar-refractivity contribution is 6.45. The molecule has 0 aliphatic carbocycles. The Hall–Kier alpha value is -3.26. The number of hydrogen-bond donors (Lipinski definition) is 0. The van der Waals surface area contributed by atoms with Crippen LogP contribution < -0.4 is 4.90 Å². The molecule has 7 nitrogen and oxygen atoms in total. The van der Waals surface area contributed by atoms with Gasteiger partial charge in [-0.3, -0.25) is 19.7 Å². The molecule has 0 aromatic heterocycles. The van der Waals surface area contributed by atoms with Crippen molar-refractivity contribution in [3.8, 4) is 0 Å². The van der Waals surface area contributed by atoms with Crippen molar-refractivity contribution in [2.75, 3.05) is 18.0 Å². The van der Waals surface area contributed by atoms with Gasteiger partial charge in [-0.05, 0) is 54.7 Å². The summed E-state index contributed by atoms with van der Waals surface area (Å²) in [6.45, 7) is 3.31. The van der Waals surface area contributed by atoms with E-state index in [1.165, 1.54) is 36.4 Å². The fraction of sp³-hybridized carbons (Fsp3) is 0.273. The van der Waals surface area contributed by atoms with Gasteiger partial charge in [-0.2, -0.15) is 0 Å². The number of anilines is 1. The van der Waals surface area contributed by atoms with Crippen molar-refractivity contribution in [1.29, 1.82) is 0 Å². The SMILES string of the molecule is CC1CCCN(C2=C(c3ccc([N+](=O)[O-])cc3)C(=O)N(c3ccc(F)c(Cl)c3)C2=O)C1. The zero-order valence-electron chi connectivity index (χ0n) is 16.7. The number of amides is 2. The van der Waals surface area contributed by atoms with Crippen LogP contribution in [0, 0.1) is 21.8 Å². The number of carbonyl (C=O) groups is 2. The Morgan fingerprint density at radius 1 is 1.13 bits per heavy atom. The summed E-state index contributed by atoms with van der Waals surface area (Å²) < 4.78 is 13.6. The second kappa shape index (κ2) is 8.11. The molecule has 2 aliphatic rings. The zero-order valence-corrected chi connectivity index (χ0v) is 17.4. The third kappa shape index (κ3) is 3.79. The van der Waals surface area contributed by atoms with Crippen molar-refractivity contribution in [3.63, 3.8) is 0 Å². The van der Waals surface area contributed by atoms with Crippen LogP contribution in [-0.2, 0) is 9.59 Å². The molecule has 1 unspecified atom stereocenters. The maximum Gasteiger partial charge on any atom is 0.282 e. The van der Waals surface area contributed by atoms with Gasteiger partial charge in [0.1, 0.15) is 11.5 Å². The summed E-state index contributed by atoms with van der Waals surface area (Å²) in [4.78, 5) is 40.2. The number of nitro benzene ring substituents is 1. The van der Waals surface area contributed by atoms with E-state index in [9.17, 15) is 24.1 Å². The van der Waals surface area contributed by atoms with Gasteiger partial charge in [0.2, 0.25) is 0 Å². The minimum atomic E-state index is -0.654. The second-order valence-electron chi connectivity index (χ2n) is 7.77. The number of carbonyl (C=O) groups excluding carboxylic acids is 2. The third-order valence-corrected chi connectivity index (χ3v) is 5.85. The molecule has 1 fully saturated rings. The van der Waals surface area contributed by atoms with E-state index in [-0.39, 0.29) is 27.7 Å². The lowest BCUT2D eigenvalue weighted by Gasteiger charge is -2.33. The third-order valence-electron chi connectivity index (χ3n) is 5.56. The molecule has 31 heavy (non-hydrogen) atoms. The molecular formula is C22H19ClFN3O4. The fourth-order valence-electron chi connectivity index (χ4n) is 4.07. The number of piperidine rings is 1. The van der Waals surface area contributed by atoms with Crippen LogP contribution >= 0.6 is 11.6 Å². The molecule has 0 saturated carbocycles. The van der Waals surface area contributed by atoms with E-state index in [2.05, 4.69) is 6.92 Å². The first-order chi connectivity index (χ1) is 14.8. The monoisotopic (exact) mass is 443 g/mol. The lowest BCUT2D eigenvalue weighted by molar-refractivity contribution is -0.384. The van der Waals surface area contributed by atoms with Crippen LogP contribution in [0.25, 0.3) is 5.57 Å². The molecule has 0 radical (unpaired) electrons. The Labute approximate surface area is 182 Å². The van der Waals surface area contributed by atoms with Crippen LogP contribution in [-0.4, -0.2) is 34.7 Å². The van der Waals surface area contributed by atoms with Gasteiger partial charge in [0, 0.05) is 25.2 Å². The van der Waals surface area contributed by atoms with E-state index >= 15 is 0 Å². The molecule has 2 aliphatic heterocycles. The van der Waals surface area contributed by atoms with Crippen molar-refractivity contribution in [3.05, 3.63) is 74.7 Å². The maximum atomic E-state index is 13.6. The molecule has 160 valence electrons. The fourth-order valence-corrected chi connectivity index (χ4v) is 4.25. The summed E-state index contributed by atoms with van der Waals surface area (Å²) in [5, 5.41) is 10.8. The highest BCUT2D eigenvalue weighted by Crippen LogP contribution is 2.37. The van der Waals surface area contributed by atoms with Gasteiger partial charge in [0.05, 0.1) is 21.2 Å². The van der Waals surface area contributed by atoms with E-state index in [1.807, 2.05) is 4.90 Å². The van der Waals surface area contributed by atoms with Gasteiger partial charge in [-0.15, -0.1) is 0 Å². The van der Waals surface area contributed by atoms with Crippen LogP contribution in [0.3, 0.4) is 0 Å². The molecule has 2 heterocycles. The van der Waals surface area contributed by atoms with Crippen molar-refractivity contribution in [1.82, 2.24) is 4.90 Å². The van der Waals surface area contributed by atoms with Crippen LogP contribution in [0.2, 0.25) is 5.02 Å². The van der Waals surface area contributed by atoms with Crippen LogP contribution in [0.4, 0.5) is 15.8 Å². The molecule has 2 amide bonds. The number of rotatable bonds is 4. The van der Waals surface area contributed by atoms with E-state index in [0.717, 1.165) is 23.8 Å². The van der Waals surface area contributed by atoms with E-state index in [0.29, 0.717) is 24.6 Å². The largest absolute Gasteiger partial charge is 0.366 e. The van der Waals surface area contributed by atoms with E-state index in [1.54, 1.807) is 0 Å². The molecule has 0 N–H and O–H groups in total. The number of benzene rings is 2. The Kier molecular flexibility index (Phi) is 5.49. The lowest BCUT2D eigenvalue weighted by atomic mass is 9.97. The smallest absolute Gasteiger partial charge is 0.282 e. The molecule has 0 bridgehead atoms. The van der Waals surface area contributed by atoms with Crippen molar-refractivity contribution >= 4 is 40.4 Å². The minimum absolute atomic E-state index is 0.114. The minimum Gasteiger partial charge on any atom is -0.366 e. The predicted octanol–water partition coefficient (Wildman–Crippen LogP) is 4.40. The van der Waals surface area contributed by atoms with Crippen molar-refractivity contribution < 1.29 is 18.9 Å². The van der Waals surface area contributed by atoms with Gasteiger partial charge >= 0.3 is 0 Å². The zero-order chi connectivity index (χ0) is 22.3. The normalized spacial score (nSPS) is 19.4. The standard InChI is InChI=1S/C22H19ClFN3O4/c1-13-3-2-10-25(12-13)20-19(14-4-6-15(7-5-14)27(30)31)21(28)26(22(20)29)16-8-9-18(24)17(23)11-16/h4-9,11,13H,2-3,10,12H2,1H3. The van der Waals surface area contributed by atoms with Crippen molar-refractivity contribution in [2.45, 2.75) is 19.8 Å². The number of nitro groups is 1. The van der Waals surface area contributed by atoms with Gasteiger partial charge in [0.25, 0.3) is 17.5 Å². The first-order valence-electron chi connectivity index (χ1n) is 9.86. The van der Waals surface area contributed by atoms with Gasteiger partial charge in [-0.25, -0.2) is 9.29 Å². The first kappa shape index (κ1) is 21.0. The second-order valence-corrected chi connectivity index (χ2v) is 8.17. The van der Waals surface area contributed by atoms with E-state index in [4.69, 9.17) is 11.6 Å². The first-order valence-corrected chi connectivity index (χ1v) is 10.2.